The van der Waals surface area contributed by atoms with E-state index >= 15 is 4.39 Å². The summed E-state index contributed by atoms with van der Waals surface area (Å²) in [5.41, 5.74) is 5.08. The van der Waals surface area contributed by atoms with Crippen molar-refractivity contribution in [2.75, 3.05) is 10.5 Å². The second kappa shape index (κ2) is 8.93. The van der Waals surface area contributed by atoms with E-state index in [4.69, 9.17) is 5.73 Å². The van der Waals surface area contributed by atoms with Crippen LogP contribution in [0.15, 0.2) is 53.6 Å². The number of nitrogens with one attached hydrogen (secondary N) is 1. The van der Waals surface area contributed by atoms with Crippen molar-refractivity contribution in [3.8, 4) is 21.8 Å². The maximum absolute atomic E-state index is 15.7. The van der Waals surface area contributed by atoms with Gasteiger partial charge in [-0.3, -0.25) is 4.72 Å². The van der Waals surface area contributed by atoms with Gasteiger partial charge in [-0.1, -0.05) is 26.0 Å². The number of hydrogen-bond acceptors (Lipinski definition) is 7. The molecule has 0 spiro atoms. The minimum Gasteiger partial charge on any atom is -0.368 e. The highest BCUT2D eigenvalue weighted by Crippen LogP contribution is 2.42. The van der Waals surface area contributed by atoms with Gasteiger partial charge in [-0.2, -0.15) is 0 Å². The van der Waals surface area contributed by atoms with Gasteiger partial charge in [0.05, 0.1) is 27.0 Å². The van der Waals surface area contributed by atoms with Gasteiger partial charge in [-0.25, -0.2) is 36.5 Å². The molecule has 2 heterocycles. The maximum Gasteiger partial charge on any atom is 0.267 e. The van der Waals surface area contributed by atoms with Crippen LogP contribution < -0.4 is 10.5 Å². The van der Waals surface area contributed by atoms with E-state index in [9.17, 15) is 17.2 Å². The summed E-state index contributed by atoms with van der Waals surface area (Å²) in [5.74, 6) is -3.60. The Labute approximate surface area is 204 Å². The van der Waals surface area contributed by atoms with E-state index in [0.717, 1.165) is 24.3 Å². The third-order valence-corrected chi connectivity index (χ3v) is 7.66. The number of nitrogens with two attached hydrogens (primary N) is 1. The highest BCUT2D eigenvalue weighted by Gasteiger charge is 2.27. The summed E-state index contributed by atoms with van der Waals surface area (Å²) in [6.07, 6.45) is 1.44. The number of anilines is 2. The molecular weight excluding hydrogens is 499 g/mol. The molecule has 0 atom stereocenters. The van der Waals surface area contributed by atoms with Gasteiger partial charge in [0.1, 0.15) is 11.6 Å². The molecular formula is C23H19F3N5O2S2-. The number of nitrogens with zero attached hydrogens (tertiary/aromatic N) is 3. The van der Waals surface area contributed by atoms with E-state index < -0.39 is 43.5 Å². The first-order valence-corrected chi connectivity index (χ1v) is 12.4. The van der Waals surface area contributed by atoms with Crippen molar-refractivity contribution in [2.24, 2.45) is 0 Å². The molecule has 2 aromatic heterocycles. The molecule has 0 saturated carbocycles. The summed E-state index contributed by atoms with van der Waals surface area (Å²) in [6, 6.07) is 8.12. The van der Waals surface area contributed by atoms with Gasteiger partial charge < -0.3 is 12.7 Å². The zero-order valence-corrected chi connectivity index (χ0v) is 20.1. The van der Waals surface area contributed by atoms with Crippen molar-refractivity contribution < 1.29 is 21.6 Å². The number of rotatable bonds is 6. The van der Waals surface area contributed by atoms with Crippen LogP contribution in [-0.2, 0) is 15.4 Å². The highest BCUT2D eigenvalue weighted by molar-refractivity contribution is 7.92. The fourth-order valence-electron chi connectivity index (χ4n) is 3.19. The maximum atomic E-state index is 15.7. The molecule has 4 aromatic rings. The Balaban J connectivity index is 1.85. The number of nitrogen functional groups attached to an aromatic ring is 1. The van der Waals surface area contributed by atoms with Crippen molar-refractivity contribution >= 4 is 33.0 Å². The fourth-order valence-corrected chi connectivity index (χ4v) is 5.47. The molecule has 2 aromatic carbocycles. The third kappa shape index (κ3) is 4.84. The van der Waals surface area contributed by atoms with Crippen LogP contribution in [-0.4, -0.2) is 23.4 Å². The van der Waals surface area contributed by atoms with Crippen LogP contribution in [0, 0.1) is 24.4 Å². The SMILES string of the molecule is [CH2-]C(C)(C)c1nc(-c2cccc(NS(=O)(=O)c3c(F)cccc3F)c2F)c(-c2ccnc(N)n2)s1. The number of hydrogen-bond donors (Lipinski definition) is 2. The summed E-state index contributed by atoms with van der Waals surface area (Å²) < 4.78 is 71.2. The summed E-state index contributed by atoms with van der Waals surface area (Å²) in [6.45, 7) is 7.73. The van der Waals surface area contributed by atoms with Gasteiger partial charge in [-0.15, -0.1) is 16.8 Å². The molecule has 0 aliphatic heterocycles. The van der Waals surface area contributed by atoms with E-state index in [0.29, 0.717) is 15.6 Å². The van der Waals surface area contributed by atoms with Crippen LogP contribution in [0.3, 0.4) is 0 Å². The number of halogens is 3. The van der Waals surface area contributed by atoms with E-state index in [1.165, 1.54) is 29.7 Å². The number of aromatic nitrogens is 3. The monoisotopic (exact) mass is 518 g/mol. The molecule has 12 heteroatoms. The summed E-state index contributed by atoms with van der Waals surface area (Å²) in [4.78, 5) is 11.9. The molecule has 4 rings (SSSR count). The van der Waals surface area contributed by atoms with Crippen molar-refractivity contribution in [2.45, 2.75) is 24.2 Å². The standard InChI is InChI=1S/C23H19F3N5O2S2/c1-23(2,3)21-30-18(19(34-21)16-10-11-28-22(27)29-16)12-6-4-9-15(17(12)26)31-35(32,33)20-13(24)7-5-8-14(20)25/h4-11,31H,1H2,2-3H3,(H2,27,28,29)/q-1. The normalized spacial score (nSPS) is 12.1. The van der Waals surface area contributed by atoms with Crippen LogP contribution in [0.2, 0.25) is 0 Å². The van der Waals surface area contributed by atoms with Gasteiger partial charge in [0.25, 0.3) is 10.0 Å². The van der Waals surface area contributed by atoms with Gasteiger partial charge in [0, 0.05) is 11.8 Å². The Hall–Kier alpha value is -3.51. The zero-order valence-electron chi connectivity index (χ0n) is 18.5. The largest absolute Gasteiger partial charge is 0.368 e. The zero-order chi connectivity index (χ0) is 25.5. The number of sulfonamides is 1. The van der Waals surface area contributed by atoms with Crippen molar-refractivity contribution in [3.05, 3.63) is 78.0 Å². The Morgan fingerprint density at radius 1 is 1.03 bits per heavy atom. The van der Waals surface area contributed by atoms with Crippen LogP contribution in [0.4, 0.5) is 24.8 Å². The topological polar surface area (TPSA) is 111 Å². The molecule has 3 N–H and O–H groups in total. The quantitative estimate of drug-likeness (QED) is 0.340. The van der Waals surface area contributed by atoms with Crippen molar-refractivity contribution in [1.29, 1.82) is 0 Å². The second-order valence-corrected chi connectivity index (χ2v) is 10.8. The predicted molar refractivity (Wildman–Crippen MR) is 128 cm³/mol. The van der Waals surface area contributed by atoms with Gasteiger partial charge in [0.2, 0.25) is 5.95 Å². The number of thiazole rings is 1. The molecule has 0 unspecified atom stereocenters. The Morgan fingerprint density at radius 2 is 1.69 bits per heavy atom. The molecule has 7 nitrogen and oxygen atoms in total. The average molecular weight is 519 g/mol. The molecule has 0 aliphatic carbocycles. The van der Waals surface area contributed by atoms with E-state index in [2.05, 4.69) is 21.9 Å². The smallest absolute Gasteiger partial charge is 0.267 e. The molecule has 35 heavy (non-hydrogen) atoms. The molecule has 0 radical (unpaired) electrons. The highest BCUT2D eigenvalue weighted by atomic mass is 32.2. The van der Waals surface area contributed by atoms with E-state index in [1.54, 1.807) is 6.07 Å². The lowest BCUT2D eigenvalue weighted by atomic mass is 9.98. The average Bonchev–Trinajstić information content (AvgIpc) is 3.21. The first-order chi connectivity index (χ1) is 16.4. The second-order valence-electron chi connectivity index (χ2n) is 8.20. The molecule has 182 valence electrons. The Kier molecular flexibility index (Phi) is 6.28. The lowest BCUT2D eigenvalue weighted by Gasteiger charge is -2.22. The van der Waals surface area contributed by atoms with Crippen LogP contribution >= 0.6 is 11.3 Å². The minimum absolute atomic E-state index is 0.00572. The summed E-state index contributed by atoms with van der Waals surface area (Å²) in [7, 11) is -4.79. The Morgan fingerprint density at radius 3 is 2.31 bits per heavy atom. The minimum atomic E-state index is -4.79. The van der Waals surface area contributed by atoms with E-state index in [1.807, 2.05) is 18.6 Å². The van der Waals surface area contributed by atoms with Crippen molar-refractivity contribution in [3.63, 3.8) is 0 Å². The molecule has 0 saturated heterocycles. The van der Waals surface area contributed by atoms with Gasteiger partial charge in [-0.05, 0) is 30.3 Å². The molecule has 0 fully saturated rings. The van der Waals surface area contributed by atoms with Gasteiger partial charge in [0.15, 0.2) is 10.7 Å². The fraction of sp³-hybridized carbons (Fsp3) is 0.130. The third-order valence-electron chi connectivity index (χ3n) is 4.80. The summed E-state index contributed by atoms with van der Waals surface area (Å²) in [5, 5.41) is 0.568. The molecule has 0 aliphatic rings. The van der Waals surface area contributed by atoms with E-state index in [-0.39, 0.29) is 17.2 Å². The van der Waals surface area contributed by atoms with Crippen LogP contribution in [0.1, 0.15) is 18.9 Å². The first kappa shape index (κ1) is 24.6. The van der Waals surface area contributed by atoms with Crippen LogP contribution in [0.25, 0.3) is 21.8 Å². The molecule has 0 bridgehead atoms. The van der Waals surface area contributed by atoms with Crippen molar-refractivity contribution in [1.82, 2.24) is 15.0 Å². The van der Waals surface area contributed by atoms with Crippen LogP contribution in [0.5, 0.6) is 0 Å². The lowest BCUT2D eigenvalue weighted by Crippen LogP contribution is -2.17. The molecule has 0 amide bonds. The number of benzene rings is 2. The Bertz CT molecular complexity index is 1510. The summed E-state index contributed by atoms with van der Waals surface area (Å²) >= 11 is 1.23. The van der Waals surface area contributed by atoms with Gasteiger partial charge >= 0.3 is 0 Å². The first-order valence-electron chi connectivity index (χ1n) is 10.1. The predicted octanol–water partition coefficient (Wildman–Crippen LogP) is 5.18. The lowest BCUT2D eigenvalue weighted by molar-refractivity contribution is 0.521.